The van der Waals surface area contributed by atoms with Gasteiger partial charge < -0.3 is 0 Å². The summed E-state index contributed by atoms with van der Waals surface area (Å²) in [5.41, 5.74) is 4.99. The number of sulfone groups is 1. The van der Waals surface area contributed by atoms with Crippen LogP contribution in [0.3, 0.4) is 0 Å². The van der Waals surface area contributed by atoms with Crippen LogP contribution in [0.5, 0.6) is 0 Å². The molecule has 0 saturated heterocycles. The van der Waals surface area contributed by atoms with E-state index in [2.05, 4.69) is 6.08 Å². The van der Waals surface area contributed by atoms with Crippen LogP contribution in [0.25, 0.3) is 5.57 Å². The molecule has 2 nitrogen and oxygen atoms in total. The third-order valence-electron chi connectivity index (χ3n) is 3.63. The molecule has 0 fully saturated rings. The second kappa shape index (κ2) is 3.94. The minimum Gasteiger partial charge on any atom is -0.218 e. The third-order valence-corrected chi connectivity index (χ3v) is 5.49. The van der Waals surface area contributed by atoms with Crippen LogP contribution in [0.1, 0.15) is 31.4 Å². The zero-order valence-corrected chi connectivity index (χ0v) is 12.1. The van der Waals surface area contributed by atoms with Crippen molar-refractivity contribution in [2.24, 2.45) is 0 Å². The summed E-state index contributed by atoms with van der Waals surface area (Å²) in [6.07, 6.45) is 4.57. The van der Waals surface area contributed by atoms with Crippen LogP contribution in [0.15, 0.2) is 51.3 Å². The van der Waals surface area contributed by atoms with Gasteiger partial charge in [0.25, 0.3) is 0 Å². The molecule has 19 heavy (non-hydrogen) atoms. The smallest absolute Gasteiger partial charge is 0.207 e. The molecule has 2 aliphatic rings. The van der Waals surface area contributed by atoms with Gasteiger partial charge >= 0.3 is 0 Å². The average molecular weight is 272 g/mol. The molecule has 0 aromatic heterocycles. The highest BCUT2D eigenvalue weighted by atomic mass is 32.2. The molecule has 1 aromatic rings. The SMILES string of the molecule is CC1=CC2=C(CC(C)=C1)c1ccc(C)cc1S2(=O)=O. The molecule has 3 rings (SSSR count). The molecule has 1 aliphatic carbocycles. The van der Waals surface area contributed by atoms with Gasteiger partial charge in [0.1, 0.15) is 0 Å². The van der Waals surface area contributed by atoms with E-state index >= 15 is 0 Å². The van der Waals surface area contributed by atoms with Crippen molar-refractivity contribution in [3.63, 3.8) is 0 Å². The Kier molecular flexibility index (Phi) is 2.58. The summed E-state index contributed by atoms with van der Waals surface area (Å²) in [5, 5.41) is 0. The fourth-order valence-electron chi connectivity index (χ4n) is 2.83. The van der Waals surface area contributed by atoms with Crippen molar-refractivity contribution >= 4 is 15.4 Å². The van der Waals surface area contributed by atoms with E-state index in [4.69, 9.17) is 0 Å². The molecule has 98 valence electrons. The van der Waals surface area contributed by atoms with E-state index in [0.717, 1.165) is 22.3 Å². The van der Waals surface area contributed by atoms with Gasteiger partial charge in [0.05, 0.1) is 9.80 Å². The molecule has 0 saturated carbocycles. The van der Waals surface area contributed by atoms with Crippen molar-refractivity contribution in [1.29, 1.82) is 0 Å². The van der Waals surface area contributed by atoms with Gasteiger partial charge in [0.2, 0.25) is 9.84 Å². The predicted octanol–water partition coefficient (Wildman–Crippen LogP) is 3.79. The average Bonchev–Trinajstić information content (AvgIpc) is 2.46. The van der Waals surface area contributed by atoms with Gasteiger partial charge in [-0.1, -0.05) is 23.8 Å². The number of rotatable bonds is 0. The lowest BCUT2D eigenvalue weighted by molar-refractivity contribution is 0.604. The lowest BCUT2D eigenvalue weighted by Crippen LogP contribution is -1.99. The summed E-state index contributed by atoms with van der Waals surface area (Å²) >= 11 is 0. The Hall–Kier alpha value is -1.61. The Morgan fingerprint density at radius 2 is 1.79 bits per heavy atom. The molecule has 0 radical (unpaired) electrons. The van der Waals surface area contributed by atoms with Crippen molar-refractivity contribution in [3.05, 3.63) is 57.5 Å². The maximum Gasteiger partial charge on any atom is 0.207 e. The molecule has 1 aliphatic heterocycles. The van der Waals surface area contributed by atoms with E-state index in [1.54, 1.807) is 12.1 Å². The van der Waals surface area contributed by atoms with Gasteiger partial charge in [0, 0.05) is 0 Å². The van der Waals surface area contributed by atoms with Gasteiger partial charge in [0.15, 0.2) is 0 Å². The van der Waals surface area contributed by atoms with E-state index in [1.807, 2.05) is 32.9 Å². The number of hydrogen-bond acceptors (Lipinski definition) is 2. The Labute approximate surface area is 114 Å². The van der Waals surface area contributed by atoms with E-state index in [-0.39, 0.29) is 0 Å². The number of hydrogen-bond donors (Lipinski definition) is 0. The van der Waals surface area contributed by atoms with Crippen LogP contribution in [0.2, 0.25) is 0 Å². The van der Waals surface area contributed by atoms with Gasteiger partial charge in [-0.25, -0.2) is 8.42 Å². The Morgan fingerprint density at radius 1 is 1.05 bits per heavy atom. The second-order valence-corrected chi connectivity index (χ2v) is 7.29. The molecule has 0 amide bonds. The predicted molar refractivity (Wildman–Crippen MR) is 77.4 cm³/mol. The van der Waals surface area contributed by atoms with Gasteiger partial charge in [-0.15, -0.1) is 0 Å². The first kappa shape index (κ1) is 12.4. The minimum absolute atomic E-state index is 0.469. The van der Waals surface area contributed by atoms with Crippen LogP contribution in [-0.2, 0) is 9.84 Å². The Bertz CT molecular complexity index is 775. The largest absolute Gasteiger partial charge is 0.218 e. The maximum atomic E-state index is 12.7. The van der Waals surface area contributed by atoms with Crippen molar-refractivity contribution in [1.82, 2.24) is 0 Å². The number of fused-ring (bicyclic) bond motifs is 2. The molecule has 1 heterocycles. The fraction of sp³-hybridized carbons (Fsp3) is 0.250. The number of allylic oxidation sites excluding steroid dienone is 5. The zero-order chi connectivity index (χ0) is 13.8. The van der Waals surface area contributed by atoms with Crippen LogP contribution in [0, 0.1) is 6.92 Å². The Balaban J connectivity index is 2.34. The first-order valence-electron chi connectivity index (χ1n) is 6.34. The summed E-state index contributed by atoms with van der Waals surface area (Å²) in [6.45, 7) is 5.92. The lowest BCUT2D eigenvalue weighted by Gasteiger charge is -2.05. The molecule has 1 aromatic carbocycles. The van der Waals surface area contributed by atoms with Crippen LogP contribution < -0.4 is 0 Å². The van der Waals surface area contributed by atoms with Crippen LogP contribution >= 0.6 is 0 Å². The molecule has 3 heteroatoms. The normalized spacial score (nSPS) is 20.4. The highest BCUT2D eigenvalue weighted by Crippen LogP contribution is 2.44. The summed E-state index contributed by atoms with van der Waals surface area (Å²) in [6, 6.07) is 5.69. The van der Waals surface area contributed by atoms with Crippen molar-refractivity contribution in [3.8, 4) is 0 Å². The van der Waals surface area contributed by atoms with Gasteiger partial charge in [-0.05, 0) is 61.6 Å². The monoisotopic (exact) mass is 272 g/mol. The number of aryl methyl sites for hydroxylation is 1. The maximum absolute atomic E-state index is 12.7. The third kappa shape index (κ3) is 1.80. The molecule has 0 unspecified atom stereocenters. The summed E-state index contributed by atoms with van der Waals surface area (Å²) in [5.74, 6) is 0. The summed E-state index contributed by atoms with van der Waals surface area (Å²) in [7, 11) is -3.34. The summed E-state index contributed by atoms with van der Waals surface area (Å²) in [4.78, 5) is 0.954. The first-order chi connectivity index (χ1) is 8.89. The second-order valence-electron chi connectivity index (χ2n) is 5.40. The van der Waals surface area contributed by atoms with Crippen molar-refractivity contribution in [2.75, 3.05) is 0 Å². The van der Waals surface area contributed by atoms with E-state index < -0.39 is 9.84 Å². The molecular formula is C16H16O2S. The van der Waals surface area contributed by atoms with Crippen LogP contribution in [-0.4, -0.2) is 8.42 Å². The highest BCUT2D eigenvalue weighted by molar-refractivity contribution is 7.96. The Morgan fingerprint density at radius 3 is 2.53 bits per heavy atom. The topological polar surface area (TPSA) is 34.1 Å². The van der Waals surface area contributed by atoms with Crippen molar-refractivity contribution in [2.45, 2.75) is 32.1 Å². The molecular weight excluding hydrogens is 256 g/mol. The van der Waals surface area contributed by atoms with E-state index in [1.165, 1.54) is 5.57 Å². The van der Waals surface area contributed by atoms with Crippen molar-refractivity contribution < 1.29 is 8.42 Å². The first-order valence-corrected chi connectivity index (χ1v) is 7.82. The highest BCUT2D eigenvalue weighted by Gasteiger charge is 2.34. The van der Waals surface area contributed by atoms with Gasteiger partial charge in [-0.3, -0.25) is 0 Å². The molecule has 0 bridgehead atoms. The quantitative estimate of drug-likeness (QED) is 0.720. The summed E-state index contributed by atoms with van der Waals surface area (Å²) < 4.78 is 25.3. The molecule has 0 atom stereocenters. The number of benzene rings is 1. The minimum atomic E-state index is -3.34. The standard InChI is InChI=1S/C16H16O2S/c1-10-4-5-13-14-7-11(2)6-12(3)9-16(14)19(17,18)15(13)8-10/h4-6,8-9H,7H2,1-3H3. The molecule has 0 N–H and O–H groups in total. The zero-order valence-electron chi connectivity index (χ0n) is 11.3. The van der Waals surface area contributed by atoms with E-state index in [0.29, 0.717) is 16.2 Å². The van der Waals surface area contributed by atoms with E-state index in [9.17, 15) is 8.42 Å². The van der Waals surface area contributed by atoms with Crippen LogP contribution in [0.4, 0.5) is 0 Å². The fourth-order valence-corrected chi connectivity index (χ4v) is 4.73. The molecule has 0 spiro atoms. The lowest BCUT2D eigenvalue weighted by atomic mass is 9.98. The van der Waals surface area contributed by atoms with Gasteiger partial charge in [-0.2, -0.15) is 0 Å².